The molecule has 0 bridgehead atoms. The standard InChI is InChI=1S/C14H27N3O2/c1-5-8-15-12(7-10-19-9-6-2)14-13(18-4)11-16-17(14)3/h11-12,15H,5-10H2,1-4H3. The van der Waals surface area contributed by atoms with Gasteiger partial charge >= 0.3 is 0 Å². The van der Waals surface area contributed by atoms with E-state index in [0.717, 1.165) is 50.5 Å². The van der Waals surface area contributed by atoms with Crippen molar-refractivity contribution in [1.82, 2.24) is 15.1 Å². The molecule has 19 heavy (non-hydrogen) atoms. The Kier molecular flexibility index (Phi) is 7.52. The number of rotatable bonds is 10. The lowest BCUT2D eigenvalue weighted by atomic mass is 10.1. The van der Waals surface area contributed by atoms with Gasteiger partial charge < -0.3 is 14.8 Å². The first kappa shape index (κ1) is 16.0. The van der Waals surface area contributed by atoms with Gasteiger partial charge in [-0.15, -0.1) is 0 Å². The zero-order valence-corrected chi connectivity index (χ0v) is 12.6. The third-order valence-corrected chi connectivity index (χ3v) is 3.04. The fraction of sp³-hybridized carbons (Fsp3) is 0.786. The minimum Gasteiger partial charge on any atom is -0.493 e. The molecule has 110 valence electrons. The van der Waals surface area contributed by atoms with Crippen molar-refractivity contribution < 1.29 is 9.47 Å². The summed E-state index contributed by atoms with van der Waals surface area (Å²) in [6, 6.07) is 0.222. The van der Waals surface area contributed by atoms with Gasteiger partial charge in [0.1, 0.15) is 0 Å². The van der Waals surface area contributed by atoms with E-state index in [-0.39, 0.29) is 6.04 Å². The van der Waals surface area contributed by atoms with Crippen LogP contribution < -0.4 is 10.1 Å². The first-order valence-electron chi connectivity index (χ1n) is 7.11. The highest BCUT2D eigenvalue weighted by atomic mass is 16.5. The molecular weight excluding hydrogens is 242 g/mol. The van der Waals surface area contributed by atoms with Gasteiger partial charge in [-0.05, 0) is 25.8 Å². The van der Waals surface area contributed by atoms with Crippen LogP contribution in [-0.4, -0.2) is 36.6 Å². The van der Waals surface area contributed by atoms with Gasteiger partial charge in [0, 0.05) is 20.3 Å². The van der Waals surface area contributed by atoms with Gasteiger partial charge in [-0.2, -0.15) is 5.10 Å². The number of ether oxygens (including phenoxy) is 2. The first-order chi connectivity index (χ1) is 9.24. The topological polar surface area (TPSA) is 48.3 Å². The van der Waals surface area contributed by atoms with Crippen LogP contribution >= 0.6 is 0 Å². The van der Waals surface area contributed by atoms with E-state index < -0.39 is 0 Å². The van der Waals surface area contributed by atoms with Crippen molar-refractivity contribution in [3.8, 4) is 5.75 Å². The predicted octanol–water partition coefficient (Wildman–Crippen LogP) is 2.29. The molecule has 1 heterocycles. The predicted molar refractivity (Wildman–Crippen MR) is 76.5 cm³/mol. The molecule has 0 aliphatic rings. The summed E-state index contributed by atoms with van der Waals surface area (Å²) in [6.45, 7) is 6.84. The third kappa shape index (κ3) is 4.84. The van der Waals surface area contributed by atoms with Crippen molar-refractivity contribution in [2.45, 2.75) is 39.2 Å². The normalized spacial score (nSPS) is 12.6. The molecule has 0 aliphatic carbocycles. The molecule has 0 aliphatic heterocycles. The second kappa shape index (κ2) is 8.93. The van der Waals surface area contributed by atoms with Crippen molar-refractivity contribution in [2.75, 3.05) is 26.9 Å². The van der Waals surface area contributed by atoms with Crippen molar-refractivity contribution in [2.24, 2.45) is 7.05 Å². The Hall–Kier alpha value is -1.07. The largest absolute Gasteiger partial charge is 0.493 e. The minimum absolute atomic E-state index is 0.222. The fourth-order valence-corrected chi connectivity index (χ4v) is 2.08. The number of hydrogen-bond donors (Lipinski definition) is 1. The van der Waals surface area contributed by atoms with E-state index in [1.54, 1.807) is 13.3 Å². The summed E-state index contributed by atoms with van der Waals surface area (Å²) in [5.74, 6) is 0.839. The second-order valence-corrected chi connectivity index (χ2v) is 4.63. The monoisotopic (exact) mass is 269 g/mol. The lowest BCUT2D eigenvalue weighted by Gasteiger charge is -2.20. The van der Waals surface area contributed by atoms with Gasteiger partial charge in [-0.25, -0.2) is 0 Å². The van der Waals surface area contributed by atoms with E-state index in [4.69, 9.17) is 9.47 Å². The third-order valence-electron chi connectivity index (χ3n) is 3.04. The molecule has 0 aromatic carbocycles. The zero-order valence-electron chi connectivity index (χ0n) is 12.6. The minimum atomic E-state index is 0.222. The number of nitrogens with zero attached hydrogens (tertiary/aromatic N) is 2. The van der Waals surface area contributed by atoms with Crippen molar-refractivity contribution in [3.05, 3.63) is 11.9 Å². The molecule has 1 atom stereocenters. The summed E-state index contributed by atoms with van der Waals surface area (Å²) < 4.78 is 12.9. The summed E-state index contributed by atoms with van der Waals surface area (Å²) in [5, 5.41) is 7.82. The van der Waals surface area contributed by atoms with Gasteiger partial charge in [0.15, 0.2) is 5.75 Å². The molecule has 0 saturated heterocycles. The van der Waals surface area contributed by atoms with E-state index in [1.807, 2.05) is 11.7 Å². The van der Waals surface area contributed by atoms with Crippen LogP contribution in [0.25, 0.3) is 0 Å². The zero-order chi connectivity index (χ0) is 14.1. The van der Waals surface area contributed by atoms with Crippen LogP contribution in [0.5, 0.6) is 5.75 Å². The summed E-state index contributed by atoms with van der Waals surface area (Å²) in [6.07, 6.45) is 4.85. The summed E-state index contributed by atoms with van der Waals surface area (Å²) >= 11 is 0. The summed E-state index contributed by atoms with van der Waals surface area (Å²) in [7, 11) is 3.64. The number of hydrogen-bond acceptors (Lipinski definition) is 4. The molecule has 0 saturated carbocycles. The van der Waals surface area contributed by atoms with Crippen LogP contribution in [0.15, 0.2) is 6.20 Å². The number of nitrogens with one attached hydrogen (secondary N) is 1. The Morgan fingerprint density at radius 1 is 1.32 bits per heavy atom. The van der Waals surface area contributed by atoms with Gasteiger partial charge in [-0.1, -0.05) is 13.8 Å². The molecule has 0 spiro atoms. The average molecular weight is 269 g/mol. The summed E-state index contributed by atoms with van der Waals surface area (Å²) in [4.78, 5) is 0. The van der Waals surface area contributed by atoms with E-state index in [2.05, 4.69) is 24.3 Å². The molecule has 1 aromatic heterocycles. The maximum atomic E-state index is 5.59. The highest BCUT2D eigenvalue weighted by Gasteiger charge is 2.19. The van der Waals surface area contributed by atoms with Crippen molar-refractivity contribution >= 4 is 0 Å². The maximum absolute atomic E-state index is 5.59. The highest BCUT2D eigenvalue weighted by Crippen LogP contribution is 2.26. The lowest BCUT2D eigenvalue weighted by molar-refractivity contribution is 0.123. The van der Waals surface area contributed by atoms with Crippen LogP contribution in [0.1, 0.15) is 44.8 Å². The molecule has 0 amide bonds. The Balaban J connectivity index is 2.68. The smallest absolute Gasteiger partial charge is 0.161 e. The molecule has 5 nitrogen and oxygen atoms in total. The maximum Gasteiger partial charge on any atom is 0.161 e. The number of methoxy groups -OCH3 is 1. The molecule has 0 fully saturated rings. The molecular formula is C14H27N3O2. The van der Waals surface area contributed by atoms with Crippen molar-refractivity contribution in [1.29, 1.82) is 0 Å². The van der Waals surface area contributed by atoms with Crippen LogP contribution in [0.3, 0.4) is 0 Å². The number of aryl methyl sites for hydroxylation is 1. The average Bonchev–Trinajstić information content (AvgIpc) is 2.79. The van der Waals surface area contributed by atoms with E-state index in [0.29, 0.717) is 0 Å². The van der Waals surface area contributed by atoms with Crippen LogP contribution in [0, 0.1) is 0 Å². The van der Waals surface area contributed by atoms with Crippen LogP contribution in [0.2, 0.25) is 0 Å². The quantitative estimate of drug-likeness (QED) is 0.662. The van der Waals surface area contributed by atoms with E-state index in [9.17, 15) is 0 Å². The lowest BCUT2D eigenvalue weighted by Crippen LogP contribution is -2.26. The Labute approximate surface area is 116 Å². The van der Waals surface area contributed by atoms with Gasteiger partial charge in [0.05, 0.1) is 25.0 Å². The molecule has 1 unspecified atom stereocenters. The fourth-order valence-electron chi connectivity index (χ4n) is 2.08. The second-order valence-electron chi connectivity index (χ2n) is 4.63. The highest BCUT2D eigenvalue weighted by molar-refractivity contribution is 5.28. The van der Waals surface area contributed by atoms with E-state index >= 15 is 0 Å². The van der Waals surface area contributed by atoms with E-state index in [1.165, 1.54) is 0 Å². The molecule has 5 heteroatoms. The molecule has 1 rings (SSSR count). The molecule has 0 radical (unpaired) electrons. The Bertz CT molecular complexity index is 352. The van der Waals surface area contributed by atoms with Crippen molar-refractivity contribution in [3.63, 3.8) is 0 Å². The van der Waals surface area contributed by atoms with Crippen LogP contribution in [0.4, 0.5) is 0 Å². The van der Waals surface area contributed by atoms with Crippen LogP contribution in [-0.2, 0) is 11.8 Å². The Morgan fingerprint density at radius 3 is 2.74 bits per heavy atom. The van der Waals surface area contributed by atoms with Gasteiger partial charge in [0.2, 0.25) is 0 Å². The van der Waals surface area contributed by atoms with Gasteiger partial charge in [0.25, 0.3) is 0 Å². The molecule has 1 aromatic rings. The van der Waals surface area contributed by atoms with Gasteiger partial charge in [-0.3, -0.25) is 4.68 Å². The molecule has 1 N–H and O–H groups in total. The first-order valence-corrected chi connectivity index (χ1v) is 7.11. The SMILES string of the molecule is CCCNC(CCOCCC)c1c(OC)cnn1C. The summed E-state index contributed by atoms with van der Waals surface area (Å²) in [5.41, 5.74) is 1.09. The number of aromatic nitrogens is 2. The Morgan fingerprint density at radius 2 is 2.11 bits per heavy atom.